The van der Waals surface area contributed by atoms with Crippen LogP contribution in [0.3, 0.4) is 0 Å². The molecule has 16 heavy (non-hydrogen) atoms. The average molecular weight is 242 g/mol. The summed E-state index contributed by atoms with van der Waals surface area (Å²) in [5, 5.41) is 10.00. The summed E-state index contributed by atoms with van der Waals surface area (Å²) in [5.41, 5.74) is 0.666. The number of nitrogens with zero attached hydrogens (tertiary/aromatic N) is 2. The molecule has 0 radical (unpaired) electrons. The topological polar surface area (TPSA) is 51.0 Å². The Morgan fingerprint density at radius 1 is 1.31 bits per heavy atom. The van der Waals surface area contributed by atoms with E-state index in [4.69, 9.17) is 16.0 Å². The number of anilines is 2. The summed E-state index contributed by atoms with van der Waals surface area (Å²) >= 11 is 5.77. The maximum absolute atomic E-state index is 12.6. The number of hydrogen-bond donors (Lipinski definition) is 1. The molecule has 0 amide bonds. The molecular formula is C10H9ClFN3O. The number of hydrogen-bond acceptors (Lipinski definition) is 4. The van der Waals surface area contributed by atoms with Crippen LogP contribution in [0.2, 0.25) is 0 Å². The largest absolute Gasteiger partial charge is 0.406 e. The van der Waals surface area contributed by atoms with Gasteiger partial charge in [0.2, 0.25) is 5.89 Å². The van der Waals surface area contributed by atoms with Crippen LogP contribution in [0.15, 0.2) is 28.7 Å². The Bertz CT molecular complexity index is 469. The van der Waals surface area contributed by atoms with E-state index in [1.54, 1.807) is 19.1 Å². The lowest BCUT2D eigenvalue weighted by atomic mass is 10.3. The number of nitrogens with one attached hydrogen (secondary N) is 1. The molecule has 0 saturated heterocycles. The molecule has 0 aliphatic carbocycles. The van der Waals surface area contributed by atoms with Gasteiger partial charge in [0.15, 0.2) is 0 Å². The van der Waals surface area contributed by atoms with Gasteiger partial charge in [-0.3, -0.25) is 0 Å². The second kappa shape index (κ2) is 4.49. The fraction of sp³-hybridized carbons (Fsp3) is 0.200. The van der Waals surface area contributed by atoms with Crippen molar-refractivity contribution in [1.29, 1.82) is 0 Å². The van der Waals surface area contributed by atoms with Gasteiger partial charge in [0.25, 0.3) is 0 Å². The Labute approximate surface area is 96.4 Å². The Balaban J connectivity index is 2.11. The number of benzene rings is 1. The fourth-order valence-electron chi connectivity index (χ4n) is 1.10. The molecule has 0 bridgehead atoms. The predicted molar refractivity (Wildman–Crippen MR) is 58.2 cm³/mol. The Hall–Kier alpha value is -1.62. The first-order valence-electron chi connectivity index (χ1n) is 4.65. The van der Waals surface area contributed by atoms with Crippen LogP contribution in [0.25, 0.3) is 0 Å². The number of halogens is 2. The molecule has 1 aromatic heterocycles. The van der Waals surface area contributed by atoms with Crippen molar-refractivity contribution in [3.63, 3.8) is 0 Å². The van der Waals surface area contributed by atoms with Crippen molar-refractivity contribution in [2.75, 3.05) is 5.32 Å². The maximum Gasteiger partial charge on any atom is 0.320 e. The monoisotopic (exact) mass is 241 g/mol. The van der Waals surface area contributed by atoms with Crippen LogP contribution >= 0.6 is 11.6 Å². The minimum absolute atomic E-state index is 0.231. The highest BCUT2D eigenvalue weighted by atomic mass is 35.5. The predicted octanol–water partition coefficient (Wildman–Crippen LogP) is 3.25. The SMILES string of the molecule is CC(Cl)c1nnc(Nc2ccc(F)cc2)o1. The van der Waals surface area contributed by atoms with Gasteiger partial charge in [-0.15, -0.1) is 16.7 Å². The molecule has 6 heteroatoms. The van der Waals surface area contributed by atoms with Gasteiger partial charge < -0.3 is 9.73 Å². The Morgan fingerprint density at radius 2 is 2.00 bits per heavy atom. The van der Waals surface area contributed by atoms with E-state index in [0.29, 0.717) is 11.6 Å². The highest BCUT2D eigenvalue weighted by Crippen LogP contribution is 2.21. The smallest absolute Gasteiger partial charge is 0.320 e. The molecule has 1 heterocycles. The van der Waals surface area contributed by atoms with Gasteiger partial charge >= 0.3 is 6.01 Å². The lowest BCUT2D eigenvalue weighted by molar-refractivity contribution is 0.510. The van der Waals surface area contributed by atoms with Gasteiger partial charge in [-0.1, -0.05) is 5.10 Å². The van der Waals surface area contributed by atoms with Gasteiger partial charge in [0.05, 0.1) is 0 Å². The quantitative estimate of drug-likeness (QED) is 0.838. The molecule has 4 nitrogen and oxygen atoms in total. The third-order valence-electron chi connectivity index (χ3n) is 1.88. The van der Waals surface area contributed by atoms with Crippen LogP contribution in [-0.2, 0) is 0 Å². The van der Waals surface area contributed by atoms with Crippen molar-refractivity contribution in [3.8, 4) is 0 Å². The first-order valence-corrected chi connectivity index (χ1v) is 5.09. The zero-order valence-electron chi connectivity index (χ0n) is 8.45. The minimum Gasteiger partial charge on any atom is -0.406 e. The van der Waals surface area contributed by atoms with Crippen LogP contribution in [0.1, 0.15) is 18.2 Å². The van der Waals surface area contributed by atoms with Gasteiger partial charge in [-0.25, -0.2) is 4.39 Å². The molecule has 2 aromatic rings. The highest BCUT2D eigenvalue weighted by molar-refractivity contribution is 6.20. The molecule has 0 spiro atoms. The van der Waals surface area contributed by atoms with E-state index in [1.807, 2.05) is 0 Å². The Kier molecular flexibility index (Phi) is 3.05. The first-order chi connectivity index (χ1) is 7.65. The van der Waals surface area contributed by atoms with Crippen LogP contribution in [0.4, 0.5) is 16.1 Å². The van der Waals surface area contributed by atoms with Crippen molar-refractivity contribution in [3.05, 3.63) is 36.0 Å². The third kappa shape index (κ3) is 2.49. The normalized spacial score (nSPS) is 12.4. The fourth-order valence-corrected chi connectivity index (χ4v) is 1.19. The average Bonchev–Trinajstić information content (AvgIpc) is 2.70. The minimum atomic E-state index is -0.337. The van der Waals surface area contributed by atoms with Crippen molar-refractivity contribution < 1.29 is 8.81 Å². The molecule has 0 saturated carbocycles. The van der Waals surface area contributed by atoms with Crippen molar-refractivity contribution in [2.24, 2.45) is 0 Å². The summed E-state index contributed by atoms with van der Waals surface area (Å²) in [4.78, 5) is 0. The second-order valence-corrected chi connectivity index (χ2v) is 3.85. The summed E-state index contributed by atoms with van der Waals surface area (Å²) in [6.45, 7) is 1.73. The number of aromatic nitrogens is 2. The summed E-state index contributed by atoms with van der Waals surface area (Å²) in [5.74, 6) is 0.0393. The van der Waals surface area contributed by atoms with Gasteiger partial charge in [0, 0.05) is 5.69 Å². The van der Waals surface area contributed by atoms with E-state index in [9.17, 15) is 4.39 Å². The molecule has 0 aliphatic rings. The van der Waals surface area contributed by atoms with Gasteiger partial charge in [-0.05, 0) is 31.2 Å². The van der Waals surface area contributed by atoms with Gasteiger partial charge in [-0.2, -0.15) is 0 Å². The third-order valence-corrected chi connectivity index (χ3v) is 2.06. The van der Waals surface area contributed by atoms with Crippen LogP contribution in [0, 0.1) is 5.82 Å². The van der Waals surface area contributed by atoms with E-state index < -0.39 is 0 Å². The van der Waals surface area contributed by atoms with E-state index in [1.165, 1.54) is 12.1 Å². The van der Waals surface area contributed by atoms with Crippen molar-refractivity contribution in [2.45, 2.75) is 12.3 Å². The lowest BCUT2D eigenvalue weighted by Crippen LogP contribution is -1.90. The van der Waals surface area contributed by atoms with Crippen LogP contribution < -0.4 is 5.32 Å². The molecule has 1 atom stereocenters. The van der Waals surface area contributed by atoms with E-state index in [2.05, 4.69) is 15.5 Å². The zero-order chi connectivity index (χ0) is 11.5. The molecule has 0 fully saturated rings. The zero-order valence-corrected chi connectivity index (χ0v) is 9.20. The summed E-state index contributed by atoms with van der Waals surface area (Å²) < 4.78 is 17.9. The number of alkyl halides is 1. The standard InChI is InChI=1S/C10H9ClFN3O/c1-6(11)9-14-15-10(16-9)13-8-4-2-7(12)3-5-8/h2-6H,1H3,(H,13,15). The van der Waals surface area contributed by atoms with E-state index in [0.717, 1.165) is 0 Å². The van der Waals surface area contributed by atoms with Gasteiger partial charge in [0.1, 0.15) is 11.2 Å². The summed E-state index contributed by atoms with van der Waals surface area (Å²) in [6.07, 6.45) is 0. The highest BCUT2D eigenvalue weighted by Gasteiger charge is 2.10. The van der Waals surface area contributed by atoms with Crippen LogP contribution in [0.5, 0.6) is 0 Å². The lowest BCUT2D eigenvalue weighted by Gasteiger charge is -1.99. The van der Waals surface area contributed by atoms with Crippen molar-refractivity contribution in [1.82, 2.24) is 10.2 Å². The molecule has 1 N–H and O–H groups in total. The number of rotatable bonds is 3. The molecule has 1 aromatic carbocycles. The Morgan fingerprint density at radius 3 is 2.56 bits per heavy atom. The van der Waals surface area contributed by atoms with E-state index in [-0.39, 0.29) is 17.2 Å². The van der Waals surface area contributed by atoms with Crippen molar-refractivity contribution >= 4 is 23.3 Å². The maximum atomic E-state index is 12.6. The summed E-state index contributed by atoms with van der Waals surface area (Å²) in [7, 11) is 0. The molecule has 0 aliphatic heterocycles. The first kappa shape index (κ1) is 10.9. The second-order valence-electron chi connectivity index (χ2n) is 3.19. The van der Waals surface area contributed by atoms with Crippen LogP contribution in [-0.4, -0.2) is 10.2 Å². The molecular weight excluding hydrogens is 233 g/mol. The molecule has 2 rings (SSSR count). The molecule has 1 unspecified atom stereocenters. The molecule has 84 valence electrons. The van der Waals surface area contributed by atoms with E-state index >= 15 is 0 Å². The summed E-state index contributed by atoms with van der Waals surface area (Å²) in [6, 6.07) is 6.05.